The number of nitrogens with zero attached hydrogens (tertiary/aromatic N) is 2. The molecule has 0 unspecified atom stereocenters. The second-order valence-corrected chi connectivity index (χ2v) is 5.62. The van der Waals surface area contributed by atoms with Gasteiger partial charge in [0.2, 0.25) is 5.91 Å². The normalized spacial score (nSPS) is 14.1. The molecule has 0 aromatic carbocycles. The summed E-state index contributed by atoms with van der Waals surface area (Å²) in [4.78, 5) is 18.4. The Balaban J connectivity index is 0.00000200. The van der Waals surface area contributed by atoms with Crippen LogP contribution >= 0.6 is 24.8 Å². The predicted molar refractivity (Wildman–Crippen MR) is 90.3 cm³/mol. The Morgan fingerprint density at radius 1 is 1.38 bits per heavy atom. The van der Waals surface area contributed by atoms with Gasteiger partial charge in [0, 0.05) is 25.8 Å². The van der Waals surface area contributed by atoms with E-state index >= 15 is 0 Å². The van der Waals surface area contributed by atoms with E-state index in [9.17, 15) is 4.79 Å². The van der Waals surface area contributed by atoms with Crippen molar-refractivity contribution in [3.63, 3.8) is 0 Å². The minimum Gasteiger partial charge on any atom is -0.357 e. The molecule has 2 rings (SSSR count). The Morgan fingerprint density at radius 3 is 2.57 bits per heavy atom. The Bertz CT molecular complexity index is 457. The first-order valence-electron chi connectivity index (χ1n) is 6.74. The zero-order valence-electron chi connectivity index (χ0n) is 12.5. The fraction of sp³-hybridized carbons (Fsp3) is 0.571. The lowest BCUT2D eigenvalue weighted by Crippen LogP contribution is -2.48. The molecule has 1 aromatic rings. The average Bonchev–Trinajstić information content (AvgIpc) is 2.89. The van der Waals surface area contributed by atoms with Gasteiger partial charge in [0.05, 0.1) is 5.54 Å². The number of anilines is 1. The number of aromatic nitrogens is 1. The van der Waals surface area contributed by atoms with Crippen molar-refractivity contribution in [2.45, 2.75) is 38.8 Å². The van der Waals surface area contributed by atoms with Crippen molar-refractivity contribution in [3.8, 4) is 0 Å². The Labute approximate surface area is 138 Å². The zero-order valence-corrected chi connectivity index (χ0v) is 14.1. The van der Waals surface area contributed by atoms with E-state index < -0.39 is 5.54 Å². The number of amides is 1. The molecule has 2 heterocycles. The van der Waals surface area contributed by atoms with Crippen LogP contribution in [-0.2, 0) is 11.3 Å². The van der Waals surface area contributed by atoms with Crippen molar-refractivity contribution in [1.29, 1.82) is 0 Å². The number of halogens is 2. The first-order chi connectivity index (χ1) is 8.97. The first kappa shape index (κ1) is 20.0. The molecule has 5 nitrogen and oxygen atoms in total. The molecule has 0 aliphatic carbocycles. The standard InChI is InChI=1S/C14H22N4O.2ClH/c1-14(2,15)13(19)17-10-11-5-6-16-12(9-11)18-7-3-4-8-18;;/h5-6,9H,3-4,7-8,10,15H2,1-2H3,(H,17,19);2*1H. The molecule has 1 saturated heterocycles. The Hall–Kier alpha value is -1.04. The molecule has 0 radical (unpaired) electrons. The molecule has 3 N–H and O–H groups in total. The lowest BCUT2D eigenvalue weighted by Gasteiger charge is -2.19. The summed E-state index contributed by atoms with van der Waals surface area (Å²) in [5, 5.41) is 2.85. The number of hydrogen-bond donors (Lipinski definition) is 2. The maximum Gasteiger partial charge on any atom is 0.239 e. The molecule has 7 heteroatoms. The second-order valence-electron chi connectivity index (χ2n) is 5.62. The van der Waals surface area contributed by atoms with E-state index in [1.54, 1.807) is 20.0 Å². The van der Waals surface area contributed by atoms with Crippen LogP contribution < -0.4 is 16.0 Å². The third kappa shape index (κ3) is 5.69. The van der Waals surface area contributed by atoms with Crippen molar-refractivity contribution in [3.05, 3.63) is 23.9 Å². The van der Waals surface area contributed by atoms with Gasteiger partial charge in [-0.15, -0.1) is 24.8 Å². The van der Waals surface area contributed by atoms with E-state index in [-0.39, 0.29) is 30.7 Å². The number of pyridine rings is 1. The fourth-order valence-electron chi connectivity index (χ4n) is 2.10. The molecule has 1 aliphatic heterocycles. The Morgan fingerprint density at radius 2 is 2.00 bits per heavy atom. The molecule has 1 aliphatic rings. The molecule has 0 saturated carbocycles. The van der Waals surface area contributed by atoms with Gasteiger partial charge >= 0.3 is 0 Å². The van der Waals surface area contributed by atoms with Gasteiger partial charge in [-0.05, 0) is 44.4 Å². The van der Waals surface area contributed by atoms with Crippen molar-refractivity contribution in [2.24, 2.45) is 5.73 Å². The highest BCUT2D eigenvalue weighted by Gasteiger charge is 2.21. The van der Waals surface area contributed by atoms with Crippen molar-refractivity contribution in [1.82, 2.24) is 10.3 Å². The molecule has 120 valence electrons. The molecule has 1 aromatic heterocycles. The SMILES string of the molecule is CC(C)(N)C(=O)NCc1ccnc(N2CCCC2)c1.Cl.Cl. The van der Waals surface area contributed by atoms with Crippen molar-refractivity contribution < 1.29 is 4.79 Å². The third-order valence-corrected chi connectivity index (χ3v) is 3.28. The van der Waals surface area contributed by atoms with Crippen LogP contribution in [-0.4, -0.2) is 29.5 Å². The zero-order chi connectivity index (χ0) is 13.9. The monoisotopic (exact) mass is 334 g/mol. The topological polar surface area (TPSA) is 71.2 Å². The number of carbonyl (C=O) groups excluding carboxylic acids is 1. The van der Waals surface area contributed by atoms with Gasteiger partial charge in [0.25, 0.3) is 0 Å². The lowest BCUT2D eigenvalue weighted by molar-refractivity contribution is -0.125. The van der Waals surface area contributed by atoms with Crippen LogP contribution in [0.2, 0.25) is 0 Å². The predicted octanol–water partition coefficient (Wildman–Crippen LogP) is 1.88. The van der Waals surface area contributed by atoms with Gasteiger partial charge in [-0.25, -0.2) is 4.98 Å². The number of carbonyl (C=O) groups is 1. The molecule has 0 spiro atoms. The smallest absolute Gasteiger partial charge is 0.239 e. The molecule has 21 heavy (non-hydrogen) atoms. The maximum absolute atomic E-state index is 11.7. The van der Waals surface area contributed by atoms with E-state index in [4.69, 9.17) is 5.73 Å². The summed E-state index contributed by atoms with van der Waals surface area (Å²) in [6.07, 6.45) is 4.25. The molecular formula is C14H24Cl2N4O. The van der Waals surface area contributed by atoms with Gasteiger partial charge < -0.3 is 16.0 Å². The largest absolute Gasteiger partial charge is 0.357 e. The van der Waals surface area contributed by atoms with E-state index in [0.29, 0.717) is 6.54 Å². The Kier molecular flexibility index (Phi) is 8.00. The minimum atomic E-state index is -0.842. The summed E-state index contributed by atoms with van der Waals surface area (Å²) in [7, 11) is 0. The van der Waals surface area contributed by atoms with Crippen LogP contribution in [0, 0.1) is 0 Å². The number of nitrogens with two attached hydrogens (primary N) is 1. The van der Waals surface area contributed by atoms with Gasteiger partial charge in [0.1, 0.15) is 5.82 Å². The summed E-state index contributed by atoms with van der Waals surface area (Å²) in [6.45, 7) is 6.02. The maximum atomic E-state index is 11.7. The van der Waals surface area contributed by atoms with E-state index in [2.05, 4.69) is 15.2 Å². The molecule has 1 amide bonds. The molecule has 0 atom stereocenters. The summed E-state index contributed by atoms with van der Waals surface area (Å²) in [5.74, 6) is 0.850. The van der Waals surface area contributed by atoms with Crippen LogP contribution in [0.25, 0.3) is 0 Å². The third-order valence-electron chi connectivity index (χ3n) is 3.28. The highest BCUT2D eigenvalue weighted by molar-refractivity contribution is 5.86. The van der Waals surface area contributed by atoms with Crippen LogP contribution in [0.3, 0.4) is 0 Å². The first-order valence-corrected chi connectivity index (χ1v) is 6.74. The van der Waals surface area contributed by atoms with Gasteiger partial charge in [-0.1, -0.05) is 0 Å². The van der Waals surface area contributed by atoms with Crippen LogP contribution in [0.1, 0.15) is 32.3 Å². The lowest BCUT2D eigenvalue weighted by atomic mass is 10.1. The van der Waals surface area contributed by atoms with Crippen molar-refractivity contribution in [2.75, 3.05) is 18.0 Å². The summed E-state index contributed by atoms with van der Waals surface area (Å²) in [5.41, 5.74) is 5.95. The fourth-order valence-corrected chi connectivity index (χ4v) is 2.10. The number of nitrogens with one attached hydrogen (secondary N) is 1. The van der Waals surface area contributed by atoms with E-state index in [1.165, 1.54) is 12.8 Å². The summed E-state index contributed by atoms with van der Waals surface area (Å²) in [6, 6.07) is 3.96. The van der Waals surface area contributed by atoms with Crippen LogP contribution in [0.4, 0.5) is 5.82 Å². The van der Waals surface area contributed by atoms with Gasteiger partial charge in [0.15, 0.2) is 0 Å². The second kappa shape index (κ2) is 8.41. The highest BCUT2D eigenvalue weighted by Crippen LogP contribution is 2.18. The molecule has 1 fully saturated rings. The highest BCUT2D eigenvalue weighted by atomic mass is 35.5. The molecule has 0 bridgehead atoms. The molecular weight excluding hydrogens is 311 g/mol. The number of hydrogen-bond acceptors (Lipinski definition) is 4. The van der Waals surface area contributed by atoms with Crippen LogP contribution in [0.15, 0.2) is 18.3 Å². The average molecular weight is 335 g/mol. The van der Waals surface area contributed by atoms with Crippen molar-refractivity contribution >= 4 is 36.5 Å². The van der Waals surface area contributed by atoms with Crippen LogP contribution in [0.5, 0.6) is 0 Å². The summed E-state index contributed by atoms with van der Waals surface area (Å²) < 4.78 is 0. The number of rotatable bonds is 4. The van der Waals surface area contributed by atoms with Gasteiger partial charge in [-0.3, -0.25) is 4.79 Å². The summed E-state index contributed by atoms with van der Waals surface area (Å²) >= 11 is 0. The van der Waals surface area contributed by atoms with E-state index in [1.807, 2.05) is 12.1 Å². The minimum absolute atomic E-state index is 0. The van der Waals surface area contributed by atoms with Gasteiger partial charge in [-0.2, -0.15) is 0 Å². The van der Waals surface area contributed by atoms with E-state index in [0.717, 1.165) is 24.5 Å². The quantitative estimate of drug-likeness (QED) is 0.881.